The van der Waals surface area contributed by atoms with E-state index in [4.69, 9.17) is 9.84 Å². The van der Waals surface area contributed by atoms with Crippen LogP contribution < -0.4 is 10.1 Å². The van der Waals surface area contributed by atoms with Gasteiger partial charge in [-0.3, -0.25) is 0 Å². The second-order valence-electron chi connectivity index (χ2n) is 4.25. The Morgan fingerprint density at radius 2 is 1.95 bits per heavy atom. The zero-order chi connectivity index (χ0) is 14.4. The van der Waals surface area contributed by atoms with Crippen LogP contribution in [0.4, 0.5) is 0 Å². The molecule has 1 aromatic carbocycles. The quantitative estimate of drug-likeness (QED) is 0.823. The topological polar surface area (TPSA) is 58.6 Å². The summed E-state index contributed by atoms with van der Waals surface area (Å²) in [5, 5.41) is 12.1. The zero-order valence-corrected chi connectivity index (χ0v) is 12.1. The Bertz CT molecular complexity index is 563. The number of carbonyl (C=O) groups is 1. The van der Waals surface area contributed by atoms with Crippen molar-refractivity contribution in [2.75, 3.05) is 6.61 Å². The Morgan fingerprint density at radius 1 is 1.20 bits per heavy atom. The van der Waals surface area contributed by atoms with Crippen LogP contribution in [0.25, 0.3) is 0 Å². The average molecular weight is 291 g/mol. The van der Waals surface area contributed by atoms with Crippen LogP contribution in [0.15, 0.2) is 36.4 Å². The Balaban J connectivity index is 1.81. The first kappa shape index (κ1) is 14.6. The van der Waals surface area contributed by atoms with E-state index in [1.807, 2.05) is 37.3 Å². The molecule has 0 spiro atoms. The predicted octanol–water partition coefficient (Wildman–Crippen LogP) is 3.13. The summed E-state index contributed by atoms with van der Waals surface area (Å²) in [5.41, 5.74) is 1.17. The van der Waals surface area contributed by atoms with Gasteiger partial charge in [-0.05, 0) is 36.8 Å². The second kappa shape index (κ2) is 7.07. The molecule has 4 nitrogen and oxygen atoms in total. The van der Waals surface area contributed by atoms with Crippen molar-refractivity contribution in [2.45, 2.75) is 20.0 Å². The molecule has 0 bridgehead atoms. The molecule has 0 aliphatic rings. The molecule has 0 aliphatic heterocycles. The summed E-state index contributed by atoms with van der Waals surface area (Å²) in [7, 11) is 0. The monoisotopic (exact) mass is 291 g/mol. The zero-order valence-electron chi connectivity index (χ0n) is 11.3. The van der Waals surface area contributed by atoms with Crippen molar-refractivity contribution in [1.29, 1.82) is 0 Å². The molecule has 20 heavy (non-hydrogen) atoms. The lowest BCUT2D eigenvalue weighted by molar-refractivity contribution is 0.0702. The van der Waals surface area contributed by atoms with Crippen molar-refractivity contribution in [1.82, 2.24) is 5.32 Å². The van der Waals surface area contributed by atoms with Crippen LogP contribution in [0.2, 0.25) is 0 Å². The molecule has 1 heterocycles. The third kappa shape index (κ3) is 4.08. The summed E-state index contributed by atoms with van der Waals surface area (Å²) in [6, 6.07) is 11.4. The summed E-state index contributed by atoms with van der Waals surface area (Å²) in [5.74, 6) is 0.00775. The maximum atomic E-state index is 10.8. The fourth-order valence-corrected chi connectivity index (χ4v) is 2.60. The molecule has 0 saturated carbocycles. The Kier molecular flexibility index (Phi) is 5.15. The minimum absolute atomic E-state index is 0.378. The number of hydrogen-bond acceptors (Lipinski definition) is 4. The van der Waals surface area contributed by atoms with E-state index in [-0.39, 0.29) is 0 Å². The molecule has 0 aliphatic carbocycles. The maximum Gasteiger partial charge on any atom is 0.345 e. The smallest absolute Gasteiger partial charge is 0.345 e. The second-order valence-corrected chi connectivity index (χ2v) is 5.42. The number of ether oxygens (including phenoxy) is 1. The van der Waals surface area contributed by atoms with Gasteiger partial charge in [-0.15, -0.1) is 11.3 Å². The molecule has 0 saturated heterocycles. The first-order chi connectivity index (χ1) is 9.69. The van der Waals surface area contributed by atoms with Crippen molar-refractivity contribution in [3.05, 3.63) is 51.7 Å². The number of carboxylic acid groups (broad SMARTS) is 1. The van der Waals surface area contributed by atoms with Crippen LogP contribution >= 0.6 is 11.3 Å². The van der Waals surface area contributed by atoms with Crippen molar-refractivity contribution >= 4 is 17.3 Å². The van der Waals surface area contributed by atoms with Gasteiger partial charge in [0, 0.05) is 18.0 Å². The van der Waals surface area contributed by atoms with Gasteiger partial charge >= 0.3 is 5.97 Å². The van der Waals surface area contributed by atoms with Crippen molar-refractivity contribution in [3.8, 4) is 5.75 Å². The number of benzene rings is 1. The van der Waals surface area contributed by atoms with E-state index in [0.717, 1.165) is 17.2 Å². The molecular formula is C15H17NO3S. The molecule has 1 aromatic heterocycles. The fraction of sp³-hybridized carbons (Fsp3) is 0.267. The maximum absolute atomic E-state index is 10.8. The molecule has 106 valence electrons. The summed E-state index contributed by atoms with van der Waals surface area (Å²) < 4.78 is 5.39. The van der Waals surface area contributed by atoms with Crippen LogP contribution in [0.5, 0.6) is 5.75 Å². The normalized spacial score (nSPS) is 10.4. The lowest BCUT2D eigenvalue weighted by Gasteiger charge is -2.06. The molecular weight excluding hydrogens is 274 g/mol. The van der Waals surface area contributed by atoms with Crippen LogP contribution in [0, 0.1) is 0 Å². The molecule has 2 aromatic rings. The Morgan fingerprint density at radius 3 is 2.55 bits per heavy atom. The van der Waals surface area contributed by atoms with Gasteiger partial charge in [0.2, 0.25) is 0 Å². The molecule has 0 radical (unpaired) electrons. The highest BCUT2D eigenvalue weighted by Gasteiger charge is 2.06. The van der Waals surface area contributed by atoms with Gasteiger partial charge in [0.1, 0.15) is 10.6 Å². The SMILES string of the molecule is CCOc1ccc(CNCc2ccc(C(=O)O)s2)cc1. The highest BCUT2D eigenvalue weighted by atomic mass is 32.1. The fourth-order valence-electron chi connectivity index (χ4n) is 1.79. The molecule has 0 unspecified atom stereocenters. The summed E-state index contributed by atoms with van der Waals surface area (Å²) >= 11 is 1.30. The van der Waals surface area contributed by atoms with E-state index in [1.54, 1.807) is 6.07 Å². The summed E-state index contributed by atoms with van der Waals surface area (Å²) in [4.78, 5) is 12.2. The summed E-state index contributed by atoms with van der Waals surface area (Å²) in [6.07, 6.45) is 0. The number of rotatable bonds is 7. The van der Waals surface area contributed by atoms with Gasteiger partial charge in [0.25, 0.3) is 0 Å². The third-order valence-corrected chi connectivity index (χ3v) is 3.81. The largest absolute Gasteiger partial charge is 0.494 e. The minimum atomic E-state index is -0.868. The lowest BCUT2D eigenvalue weighted by atomic mass is 10.2. The van der Waals surface area contributed by atoms with Crippen LogP contribution in [-0.2, 0) is 13.1 Å². The van der Waals surface area contributed by atoms with E-state index in [1.165, 1.54) is 16.9 Å². The van der Waals surface area contributed by atoms with E-state index in [0.29, 0.717) is 18.0 Å². The molecule has 0 amide bonds. The highest BCUT2D eigenvalue weighted by molar-refractivity contribution is 7.13. The minimum Gasteiger partial charge on any atom is -0.494 e. The van der Waals surface area contributed by atoms with Gasteiger partial charge in [0.05, 0.1) is 6.61 Å². The van der Waals surface area contributed by atoms with Crippen LogP contribution in [0.1, 0.15) is 27.0 Å². The molecule has 0 atom stereocenters. The van der Waals surface area contributed by atoms with Gasteiger partial charge in [-0.2, -0.15) is 0 Å². The Hall–Kier alpha value is -1.85. The standard InChI is InChI=1S/C15H17NO3S/c1-2-19-12-5-3-11(4-6-12)9-16-10-13-7-8-14(20-13)15(17)18/h3-8,16H,2,9-10H2,1H3,(H,17,18). The van der Waals surface area contributed by atoms with Gasteiger partial charge in [-0.25, -0.2) is 4.79 Å². The van der Waals surface area contributed by atoms with Crippen molar-refractivity contribution in [3.63, 3.8) is 0 Å². The van der Waals surface area contributed by atoms with E-state index < -0.39 is 5.97 Å². The Labute approximate surface area is 122 Å². The van der Waals surface area contributed by atoms with Crippen molar-refractivity contribution in [2.24, 2.45) is 0 Å². The number of hydrogen-bond donors (Lipinski definition) is 2. The number of thiophene rings is 1. The first-order valence-electron chi connectivity index (χ1n) is 6.43. The van der Waals surface area contributed by atoms with Crippen LogP contribution in [-0.4, -0.2) is 17.7 Å². The summed E-state index contributed by atoms with van der Waals surface area (Å²) in [6.45, 7) is 4.04. The molecule has 2 N–H and O–H groups in total. The number of carboxylic acids is 1. The van der Waals surface area contributed by atoms with Gasteiger partial charge in [0.15, 0.2) is 0 Å². The molecule has 2 rings (SSSR count). The van der Waals surface area contributed by atoms with Crippen LogP contribution in [0.3, 0.4) is 0 Å². The molecule has 5 heteroatoms. The van der Waals surface area contributed by atoms with E-state index in [9.17, 15) is 4.79 Å². The third-order valence-electron chi connectivity index (χ3n) is 2.74. The van der Waals surface area contributed by atoms with Gasteiger partial charge < -0.3 is 15.2 Å². The van der Waals surface area contributed by atoms with Crippen molar-refractivity contribution < 1.29 is 14.6 Å². The first-order valence-corrected chi connectivity index (χ1v) is 7.25. The average Bonchev–Trinajstić information content (AvgIpc) is 2.90. The van der Waals surface area contributed by atoms with Gasteiger partial charge in [-0.1, -0.05) is 12.1 Å². The highest BCUT2D eigenvalue weighted by Crippen LogP contribution is 2.16. The number of aromatic carboxylic acids is 1. The lowest BCUT2D eigenvalue weighted by Crippen LogP contribution is -2.11. The van der Waals surface area contributed by atoms with E-state index >= 15 is 0 Å². The predicted molar refractivity (Wildman–Crippen MR) is 79.4 cm³/mol. The number of nitrogens with one attached hydrogen (secondary N) is 1. The molecule has 0 fully saturated rings. The van der Waals surface area contributed by atoms with E-state index in [2.05, 4.69) is 5.32 Å².